The summed E-state index contributed by atoms with van der Waals surface area (Å²) in [5.74, 6) is -0.374. The summed E-state index contributed by atoms with van der Waals surface area (Å²) in [7, 11) is 1.57. The van der Waals surface area contributed by atoms with Crippen LogP contribution in [0.15, 0.2) is 54.6 Å². The van der Waals surface area contributed by atoms with Crippen LogP contribution in [-0.2, 0) is 19.1 Å². The van der Waals surface area contributed by atoms with Crippen LogP contribution in [0.3, 0.4) is 0 Å². The summed E-state index contributed by atoms with van der Waals surface area (Å²) in [6, 6.07) is 15.0. The fourth-order valence-corrected chi connectivity index (χ4v) is 2.99. The minimum Gasteiger partial charge on any atom is -0.497 e. The van der Waals surface area contributed by atoms with E-state index in [1.807, 2.05) is 13.0 Å². The van der Waals surface area contributed by atoms with Crippen molar-refractivity contribution in [2.24, 2.45) is 0 Å². The van der Waals surface area contributed by atoms with Gasteiger partial charge in [-0.1, -0.05) is 12.1 Å². The molecule has 0 aliphatic heterocycles. The van der Waals surface area contributed by atoms with E-state index in [2.05, 4.69) is 5.32 Å². The first kappa shape index (κ1) is 26.9. The number of esters is 1. The maximum Gasteiger partial charge on any atom is 0.328 e. The first-order chi connectivity index (χ1) is 16.9. The molecule has 2 aromatic rings. The molecule has 0 fully saturated rings. The molecule has 9 nitrogen and oxygen atoms in total. The van der Waals surface area contributed by atoms with Crippen LogP contribution in [0.5, 0.6) is 11.5 Å². The Morgan fingerprint density at radius 3 is 2.34 bits per heavy atom. The third kappa shape index (κ3) is 8.85. The van der Waals surface area contributed by atoms with Gasteiger partial charge in [0.15, 0.2) is 6.61 Å². The van der Waals surface area contributed by atoms with Crippen molar-refractivity contribution in [3.8, 4) is 17.6 Å². The zero-order valence-electron chi connectivity index (χ0n) is 20.0. The van der Waals surface area contributed by atoms with Gasteiger partial charge in [-0.25, -0.2) is 4.79 Å². The lowest BCUT2D eigenvalue weighted by molar-refractivity contribution is -0.150. The highest BCUT2D eigenvalue weighted by Crippen LogP contribution is 2.20. The predicted octanol–water partition coefficient (Wildman–Crippen LogP) is 3.10. The number of methoxy groups -OCH3 is 1. The normalized spacial score (nSPS) is 11.3. The van der Waals surface area contributed by atoms with Crippen LogP contribution in [0, 0.1) is 11.3 Å². The van der Waals surface area contributed by atoms with Gasteiger partial charge in [-0.3, -0.25) is 9.59 Å². The molecule has 0 saturated carbocycles. The van der Waals surface area contributed by atoms with Crippen molar-refractivity contribution in [2.75, 3.05) is 31.8 Å². The lowest BCUT2D eigenvalue weighted by Crippen LogP contribution is -2.41. The van der Waals surface area contributed by atoms with Gasteiger partial charge in [-0.05, 0) is 61.9 Å². The topological polar surface area (TPSA) is 118 Å². The van der Waals surface area contributed by atoms with Crippen molar-refractivity contribution in [3.05, 3.63) is 60.2 Å². The fraction of sp³-hybridized carbons (Fsp3) is 0.308. The van der Waals surface area contributed by atoms with Gasteiger partial charge in [0, 0.05) is 18.3 Å². The third-order valence-corrected chi connectivity index (χ3v) is 4.80. The first-order valence-corrected chi connectivity index (χ1v) is 11.1. The van der Waals surface area contributed by atoms with Gasteiger partial charge < -0.3 is 24.4 Å². The Kier molecular flexibility index (Phi) is 10.8. The van der Waals surface area contributed by atoms with E-state index in [1.165, 1.54) is 17.9 Å². The van der Waals surface area contributed by atoms with Crippen molar-refractivity contribution >= 4 is 29.5 Å². The standard InChI is InChI=1S/C26H29N3O6/c1-4-34-23-13-9-21(10-14-23)29(17-5-16-27)25(31)18-35-26(32)19(2)28-24(30)15-8-20-6-11-22(33-3)12-7-20/h6-15,19H,4-5,17-18H2,1-3H3,(H,28,30). The smallest absolute Gasteiger partial charge is 0.328 e. The Labute approximate surface area is 204 Å². The van der Waals surface area contributed by atoms with Crippen molar-refractivity contribution < 1.29 is 28.6 Å². The Balaban J connectivity index is 1.90. The fourth-order valence-electron chi connectivity index (χ4n) is 2.99. The maximum absolute atomic E-state index is 12.7. The second kappa shape index (κ2) is 14.1. The number of nitriles is 1. The van der Waals surface area contributed by atoms with Gasteiger partial charge in [0.05, 0.1) is 26.2 Å². The number of hydrogen-bond donors (Lipinski definition) is 1. The van der Waals surface area contributed by atoms with E-state index in [9.17, 15) is 14.4 Å². The van der Waals surface area contributed by atoms with E-state index in [1.54, 1.807) is 61.7 Å². The van der Waals surface area contributed by atoms with Gasteiger partial charge in [0.2, 0.25) is 5.91 Å². The van der Waals surface area contributed by atoms with E-state index in [0.29, 0.717) is 23.8 Å². The number of ether oxygens (including phenoxy) is 3. The van der Waals surface area contributed by atoms with Crippen LogP contribution in [0.2, 0.25) is 0 Å². The molecule has 2 amide bonds. The summed E-state index contributed by atoms with van der Waals surface area (Å²) < 4.78 is 15.6. The summed E-state index contributed by atoms with van der Waals surface area (Å²) in [6.45, 7) is 3.46. The van der Waals surface area contributed by atoms with Crippen molar-refractivity contribution in [1.29, 1.82) is 5.26 Å². The summed E-state index contributed by atoms with van der Waals surface area (Å²) in [5.41, 5.74) is 1.34. The second-order valence-electron chi connectivity index (χ2n) is 7.32. The van der Waals surface area contributed by atoms with E-state index < -0.39 is 30.4 Å². The van der Waals surface area contributed by atoms with Crippen LogP contribution >= 0.6 is 0 Å². The zero-order valence-corrected chi connectivity index (χ0v) is 20.0. The molecule has 0 spiro atoms. The van der Waals surface area contributed by atoms with Gasteiger partial charge >= 0.3 is 5.97 Å². The molecule has 0 bridgehead atoms. The van der Waals surface area contributed by atoms with Crippen LogP contribution in [0.4, 0.5) is 5.69 Å². The summed E-state index contributed by atoms with van der Waals surface area (Å²) in [5, 5.41) is 11.4. The summed E-state index contributed by atoms with van der Waals surface area (Å²) in [4.78, 5) is 38.5. The Morgan fingerprint density at radius 1 is 1.09 bits per heavy atom. The number of carbonyl (C=O) groups excluding carboxylic acids is 3. The Hall–Kier alpha value is -4.32. The molecular formula is C26H29N3O6. The SMILES string of the molecule is CCOc1ccc(N(CCC#N)C(=O)COC(=O)C(C)NC(=O)C=Cc2ccc(OC)cc2)cc1. The number of carbonyl (C=O) groups is 3. The molecular weight excluding hydrogens is 450 g/mol. The minimum atomic E-state index is -0.964. The molecule has 0 radical (unpaired) electrons. The average molecular weight is 480 g/mol. The molecule has 184 valence electrons. The Morgan fingerprint density at radius 2 is 1.74 bits per heavy atom. The van der Waals surface area contributed by atoms with Gasteiger partial charge in [-0.15, -0.1) is 0 Å². The highest BCUT2D eigenvalue weighted by atomic mass is 16.5. The monoisotopic (exact) mass is 479 g/mol. The molecule has 0 aliphatic rings. The van der Waals surface area contributed by atoms with E-state index in [-0.39, 0.29) is 13.0 Å². The molecule has 9 heteroatoms. The molecule has 0 heterocycles. The van der Waals surface area contributed by atoms with Gasteiger partial charge in [-0.2, -0.15) is 5.26 Å². The van der Waals surface area contributed by atoms with Crippen LogP contribution < -0.4 is 19.7 Å². The lowest BCUT2D eigenvalue weighted by atomic mass is 10.2. The summed E-state index contributed by atoms with van der Waals surface area (Å²) in [6.07, 6.45) is 3.01. The highest BCUT2D eigenvalue weighted by Gasteiger charge is 2.21. The third-order valence-electron chi connectivity index (χ3n) is 4.80. The van der Waals surface area contributed by atoms with E-state index in [0.717, 1.165) is 5.56 Å². The molecule has 2 rings (SSSR count). The molecule has 0 saturated heterocycles. The molecule has 1 atom stereocenters. The molecule has 0 aromatic heterocycles. The average Bonchev–Trinajstić information content (AvgIpc) is 2.87. The molecule has 1 unspecified atom stereocenters. The number of nitrogens with zero attached hydrogens (tertiary/aromatic N) is 2. The molecule has 35 heavy (non-hydrogen) atoms. The summed E-state index contributed by atoms with van der Waals surface area (Å²) >= 11 is 0. The van der Waals surface area contributed by atoms with Crippen LogP contribution in [0.1, 0.15) is 25.8 Å². The quantitative estimate of drug-likeness (QED) is 0.367. The van der Waals surface area contributed by atoms with Crippen LogP contribution in [0.25, 0.3) is 6.08 Å². The van der Waals surface area contributed by atoms with Gasteiger partial charge in [0.1, 0.15) is 17.5 Å². The highest BCUT2D eigenvalue weighted by molar-refractivity contribution is 5.97. The second-order valence-corrected chi connectivity index (χ2v) is 7.32. The minimum absolute atomic E-state index is 0.111. The zero-order chi connectivity index (χ0) is 25.6. The lowest BCUT2D eigenvalue weighted by Gasteiger charge is -2.22. The van der Waals surface area contributed by atoms with Gasteiger partial charge in [0.25, 0.3) is 5.91 Å². The number of hydrogen-bond acceptors (Lipinski definition) is 7. The van der Waals surface area contributed by atoms with Crippen molar-refractivity contribution in [1.82, 2.24) is 5.32 Å². The number of rotatable bonds is 12. The van der Waals surface area contributed by atoms with Crippen LogP contribution in [-0.4, -0.2) is 50.7 Å². The van der Waals surface area contributed by atoms with Crippen molar-refractivity contribution in [2.45, 2.75) is 26.3 Å². The van der Waals surface area contributed by atoms with E-state index >= 15 is 0 Å². The number of amides is 2. The Bertz CT molecular complexity index is 1060. The first-order valence-electron chi connectivity index (χ1n) is 11.1. The molecule has 2 aromatic carbocycles. The van der Waals surface area contributed by atoms with Crippen molar-refractivity contribution in [3.63, 3.8) is 0 Å². The number of benzene rings is 2. The number of nitrogens with one attached hydrogen (secondary N) is 1. The molecule has 0 aliphatic carbocycles. The predicted molar refractivity (Wildman–Crippen MR) is 131 cm³/mol. The molecule has 1 N–H and O–H groups in total. The largest absolute Gasteiger partial charge is 0.497 e. The van der Waals surface area contributed by atoms with E-state index in [4.69, 9.17) is 19.5 Å². The number of anilines is 1. The maximum atomic E-state index is 12.7.